The van der Waals surface area contributed by atoms with Crippen LogP contribution < -0.4 is 4.90 Å². The Balaban J connectivity index is 1.73. The Kier molecular flexibility index (Phi) is 3.05. The molecule has 3 heterocycles. The number of carbonyl (C=O) groups excluding carboxylic acids is 2. The number of nitrogens with zero attached hydrogens (tertiary/aromatic N) is 1. The van der Waals surface area contributed by atoms with Crippen LogP contribution in [0.1, 0.15) is 0 Å². The molecule has 4 rings (SSSR count). The molecule has 3 aliphatic heterocycles. The van der Waals surface area contributed by atoms with E-state index in [1.807, 2.05) is 6.08 Å². The number of halogens is 2. The molecule has 4 atom stereocenters. The van der Waals surface area contributed by atoms with E-state index in [-0.39, 0.29) is 17.5 Å². The molecule has 1 spiro atoms. The van der Waals surface area contributed by atoms with E-state index in [4.69, 9.17) is 21.1 Å². The van der Waals surface area contributed by atoms with E-state index in [1.54, 1.807) is 12.1 Å². The van der Waals surface area contributed by atoms with Gasteiger partial charge in [0.1, 0.15) is 17.3 Å². The lowest BCUT2D eigenvalue weighted by molar-refractivity contribution is -0.149. The molecular weight excluding hydrogens is 325 g/mol. The number of hydrogen-bond acceptors (Lipinski definition) is 4. The number of anilines is 1. The Morgan fingerprint density at radius 3 is 3.00 bits per heavy atom. The van der Waals surface area contributed by atoms with Gasteiger partial charge in [0.2, 0.25) is 5.91 Å². The number of esters is 1. The molecule has 0 aromatic heterocycles. The molecule has 0 N–H and O–H groups in total. The highest BCUT2D eigenvalue weighted by atomic mass is 35.5. The van der Waals surface area contributed by atoms with E-state index in [9.17, 15) is 14.0 Å². The van der Waals surface area contributed by atoms with Gasteiger partial charge in [0.05, 0.1) is 30.7 Å². The number of hydrogen-bond donors (Lipinski definition) is 0. The van der Waals surface area contributed by atoms with E-state index in [0.29, 0.717) is 5.69 Å². The summed E-state index contributed by atoms with van der Waals surface area (Å²) in [4.78, 5) is 26.3. The Hall–Kier alpha value is -1.92. The summed E-state index contributed by atoms with van der Waals surface area (Å²) in [6, 6.07) is 4.18. The summed E-state index contributed by atoms with van der Waals surface area (Å²) in [6.45, 7) is 0.234. The van der Waals surface area contributed by atoms with Crippen LogP contribution in [0.4, 0.5) is 10.1 Å². The van der Waals surface area contributed by atoms with Gasteiger partial charge in [-0.05, 0) is 18.2 Å². The van der Waals surface area contributed by atoms with Gasteiger partial charge in [-0.3, -0.25) is 9.59 Å². The van der Waals surface area contributed by atoms with Gasteiger partial charge in [0.15, 0.2) is 0 Å². The van der Waals surface area contributed by atoms with E-state index in [1.165, 1.54) is 24.1 Å². The summed E-state index contributed by atoms with van der Waals surface area (Å²) in [5.74, 6) is -2.65. The van der Waals surface area contributed by atoms with E-state index in [2.05, 4.69) is 0 Å². The Labute approximate surface area is 136 Å². The highest BCUT2D eigenvalue weighted by molar-refractivity contribution is 6.30. The molecular formula is C16H13ClFNO4. The minimum atomic E-state index is -0.850. The van der Waals surface area contributed by atoms with Crippen LogP contribution in [0.25, 0.3) is 0 Å². The van der Waals surface area contributed by atoms with Gasteiger partial charge >= 0.3 is 5.97 Å². The molecule has 0 aliphatic carbocycles. The van der Waals surface area contributed by atoms with Crippen LogP contribution in [0.2, 0.25) is 5.02 Å². The van der Waals surface area contributed by atoms with E-state index < -0.39 is 35.3 Å². The first kappa shape index (κ1) is 14.7. The maximum absolute atomic E-state index is 13.7. The molecule has 3 aliphatic rings. The smallest absolute Gasteiger partial charge is 0.312 e. The zero-order valence-electron chi connectivity index (χ0n) is 12.2. The number of amides is 1. The topological polar surface area (TPSA) is 55.8 Å². The van der Waals surface area contributed by atoms with Crippen molar-refractivity contribution in [3.8, 4) is 0 Å². The molecule has 23 heavy (non-hydrogen) atoms. The maximum Gasteiger partial charge on any atom is 0.312 e. The fourth-order valence-corrected chi connectivity index (χ4v) is 3.89. The van der Waals surface area contributed by atoms with Crippen LogP contribution >= 0.6 is 11.6 Å². The van der Waals surface area contributed by atoms with Crippen molar-refractivity contribution in [3.63, 3.8) is 0 Å². The van der Waals surface area contributed by atoms with Gasteiger partial charge in [0.25, 0.3) is 0 Å². The average Bonchev–Trinajstić information content (AvgIpc) is 3.18. The van der Waals surface area contributed by atoms with Crippen LogP contribution in [-0.2, 0) is 19.1 Å². The van der Waals surface area contributed by atoms with Crippen LogP contribution in [0.3, 0.4) is 0 Å². The Bertz CT molecular complexity index is 752. The van der Waals surface area contributed by atoms with Crippen LogP contribution in [0, 0.1) is 17.7 Å². The number of methoxy groups -OCH3 is 1. The van der Waals surface area contributed by atoms with Gasteiger partial charge in [-0.25, -0.2) is 4.39 Å². The van der Waals surface area contributed by atoms with E-state index in [0.717, 1.165) is 0 Å². The molecule has 1 aromatic carbocycles. The largest absolute Gasteiger partial charge is 0.469 e. The van der Waals surface area contributed by atoms with Crippen molar-refractivity contribution in [1.82, 2.24) is 0 Å². The van der Waals surface area contributed by atoms with Crippen molar-refractivity contribution in [2.75, 3.05) is 18.6 Å². The van der Waals surface area contributed by atoms with Crippen molar-refractivity contribution in [1.29, 1.82) is 0 Å². The fraction of sp³-hybridized carbons (Fsp3) is 0.375. The first-order valence-corrected chi connectivity index (χ1v) is 7.56. The van der Waals surface area contributed by atoms with Gasteiger partial charge in [-0.15, -0.1) is 0 Å². The quantitative estimate of drug-likeness (QED) is 0.611. The van der Waals surface area contributed by atoms with Crippen molar-refractivity contribution < 1.29 is 23.5 Å². The van der Waals surface area contributed by atoms with Gasteiger partial charge in [-0.1, -0.05) is 23.8 Å². The molecule has 0 radical (unpaired) electrons. The number of rotatable bonds is 2. The monoisotopic (exact) mass is 337 g/mol. The fourth-order valence-electron chi connectivity index (χ4n) is 3.77. The van der Waals surface area contributed by atoms with Crippen LogP contribution in [-0.4, -0.2) is 37.2 Å². The van der Waals surface area contributed by atoms with Gasteiger partial charge in [0, 0.05) is 5.69 Å². The highest BCUT2D eigenvalue weighted by Crippen LogP contribution is 2.52. The van der Waals surface area contributed by atoms with Crippen molar-refractivity contribution in [2.45, 2.75) is 11.7 Å². The molecule has 2 fully saturated rings. The molecule has 120 valence electrons. The lowest BCUT2D eigenvalue weighted by atomic mass is 9.77. The highest BCUT2D eigenvalue weighted by Gasteiger charge is 2.67. The molecule has 1 amide bonds. The third-order valence-corrected chi connectivity index (χ3v) is 5.10. The zero-order valence-corrected chi connectivity index (χ0v) is 12.9. The number of carbonyl (C=O) groups is 2. The molecule has 0 unspecified atom stereocenters. The minimum Gasteiger partial charge on any atom is -0.469 e. The predicted octanol–water partition coefficient (Wildman–Crippen LogP) is 1.94. The third kappa shape index (κ3) is 1.88. The standard InChI is InChI=1S/C16H13ClFNO4/c1-22-15(21)12-11-4-5-16(23-11)7-19(14(20)13(12)16)8-2-3-9(17)10(18)6-8/h2-6,11-13H,7H2,1H3/t11-,12+,13-,16+/m1/s1. The number of benzene rings is 1. The summed E-state index contributed by atoms with van der Waals surface area (Å²) >= 11 is 5.69. The minimum absolute atomic E-state index is 0.0109. The molecule has 2 saturated heterocycles. The number of fused-ring (bicyclic) bond motifs is 1. The molecule has 0 saturated carbocycles. The zero-order chi connectivity index (χ0) is 16.4. The van der Waals surface area contributed by atoms with Crippen molar-refractivity contribution in [2.24, 2.45) is 11.8 Å². The second kappa shape index (κ2) is 4.79. The van der Waals surface area contributed by atoms with Crippen molar-refractivity contribution in [3.05, 3.63) is 41.2 Å². The summed E-state index contributed by atoms with van der Waals surface area (Å²) in [5, 5.41) is -0.0109. The SMILES string of the molecule is COC(=O)[C@H]1[C@H]2C=C[C@@]3(CN(c4ccc(Cl)c(F)c4)C(=O)[C@@H]13)O2. The van der Waals surface area contributed by atoms with E-state index >= 15 is 0 Å². The predicted molar refractivity (Wildman–Crippen MR) is 79.5 cm³/mol. The second-order valence-corrected chi connectivity index (χ2v) is 6.35. The third-order valence-electron chi connectivity index (χ3n) is 4.79. The van der Waals surface area contributed by atoms with Gasteiger partial charge < -0.3 is 14.4 Å². The first-order valence-electron chi connectivity index (χ1n) is 7.18. The number of ether oxygens (including phenoxy) is 2. The second-order valence-electron chi connectivity index (χ2n) is 5.95. The molecule has 7 heteroatoms. The van der Waals surface area contributed by atoms with Crippen molar-refractivity contribution >= 4 is 29.2 Å². The normalized spacial score (nSPS) is 34.1. The Morgan fingerprint density at radius 2 is 2.30 bits per heavy atom. The summed E-state index contributed by atoms with van der Waals surface area (Å²) in [7, 11) is 1.29. The molecule has 5 nitrogen and oxygen atoms in total. The first-order chi connectivity index (χ1) is 11.0. The summed E-state index contributed by atoms with van der Waals surface area (Å²) in [6.07, 6.45) is 3.17. The summed E-state index contributed by atoms with van der Waals surface area (Å²) in [5.41, 5.74) is -0.457. The summed E-state index contributed by atoms with van der Waals surface area (Å²) < 4.78 is 24.4. The molecule has 1 aromatic rings. The Morgan fingerprint density at radius 1 is 1.52 bits per heavy atom. The average molecular weight is 338 g/mol. The maximum atomic E-state index is 13.7. The molecule has 2 bridgehead atoms. The van der Waals surface area contributed by atoms with Crippen LogP contribution in [0.15, 0.2) is 30.4 Å². The lowest BCUT2D eigenvalue weighted by Gasteiger charge is -2.22. The van der Waals surface area contributed by atoms with Gasteiger partial charge in [-0.2, -0.15) is 0 Å². The van der Waals surface area contributed by atoms with Crippen LogP contribution in [0.5, 0.6) is 0 Å². The lowest BCUT2D eigenvalue weighted by Crippen LogP contribution is -2.39.